The molecule has 0 bridgehead atoms. The summed E-state index contributed by atoms with van der Waals surface area (Å²) in [6.07, 6.45) is 0. The summed E-state index contributed by atoms with van der Waals surface area (Å²) in [6.45, 7) is 1.94. The van der Waals surface area contributed by atoms with Gasteiger partial charge in [0.05, 0.1) is 11.5 Å². The maximum atomic E-state index is 12.2. The van der Waals surface area contributed by atoms with Crippen LogP contribution in [0.1, 0.15) is 16.7 Å². The van der Waals surface area contributed by atoms with Crippen molar-refractivity contribution >= 4 is 27.1 Å². The highest BCUT2D eigenvalue weighted by Crippen LogP contribution is 2.21. The van der Waals surface area contributed by atoms with Crippen LogP contribution in [0.5, 0.6) is 0 Å². The van der Waals surface area contributed by atoms with Gasteiger partial charge >= 0.3 is 0 Å². The van der Waals surface area contributed by atoms with Crippen LogP contribution in [0.4, 0.5) is 5.69 Å². The number of nitrogens with two attached hydrogens (primary N) is 1. The van der Waals surface area contributed by atoms with Gasteiger partial charge in [-0.3, -0.25) is 0 Å². The van der Waals surface area contributed by atoms with Gasteiger partial charge in [0.1, 0.15) is 0 Å². The summed E-state index contributed by atoms with van der Waals surface area (Å²) in [5.74, 6) is -0.0688. The van der Waals surface area contributed by atoms with Crippen molar-refractivity contribution in [3.8, 4) is 0 Å². The van der Waals surface area contributed by atoms with Gasteiger partial charge in [-0.25, -0.2) is 8.42 Å². The molecule has 0 radical (unpaired) electrons. The minimum atomic E-state index is -3.26. The topological polar surface area (TPSA) is 60.2 Å². The van der Waals surface area contributed by atoms with E-state index < -0.39 is 9.84 Å². The molecule has 2 aromatic rings. The van der Waals surface area contributed by atoms with E-state index in [9.17, 15) is 8.42 Å². The van der Waals surface area contributed by atoms with E-state index in [0.29, 0.717) is 16.3 Å². The zero-order valence-electron chi connectivity index (χ0n) is 11.1. The predicted octanol–water partition coefficient (Wildman–Crippen LogP) is 3.35. The Morgan fingerprint density at radius 2 is 1.85 bits per heavy atom. The van der Waals surface area contributed by atoms with Gasteiger partial charge in [0.2, 0.25) is 0 Å². The summed E-state index contributed by atoms with van der Waals surface area (Å²) in [5.41, 5.74) is 8.62. The molecule has 0 spiro atoms. The monoisotopic (exact) mass is 309 g/mol. The number of hydrogen-bond acceptors (Lipinski definition) is 3. The Labute approximate surface area is 124 Å². The van der Waals surface area contributed by atoms with Crippen molar-refractivity contribution in [2.75, 3.05) is 5.73 Å². The van der Waals surface area contributed by atoms with Crippen molar-refractivity contribution in [3.05, 3.63) is 64.2 Å². The van der Waals surface area contributed by atoms with E-state index in [1.807, 2.05) is 31.2 Å². The molecule has 0 fully saturated rings. The molecule has 0 saturated carbocycles. The quantitative estimate of drug-likeness (QED) is 0.881. The van der Waals surface area contributed by atoms with E-state index in [1.54, 1.807) is 18.2 Å². The largest absolute Gasteiger partial charge is 0.398 e. The van der Waals surface area contributed by atoms with Crippen LogP contribution in [-0.2, 0) is 21.3 Å². The Kier molecular flexibility index (Phi) is 4.35. The molecular weight excluding hydrogens is 294 g/mol. The Bertz CT molecular complexity index is 726. The normalized spacial score (nSPS) is 11.5. The third kappa shape index (κ3) is 3.99. The molecule has 0 aliphatic heterocycles. The molecule has 2 aromatic carbocycles. The molecule has 106 valence electrons. The van der Waals surface area contributed by atoms with Gasteiger partial charge < -0.3 is 5.73 Å². The standard InChI is InChI=1S/C15H16ClNO2S/c1-11-3-2-4-12(7-11)9-20(18,19)10-13-5-6-14(16)8-15(13)17/h2-8H,9-10,17H2,1H3. The second-order valence-corrected chi connectivity index (χ2v) is 7.37. The summed E-state index contributed by atoms with van der Waals surface area (Å²) in [6, 6.07) is 12.4. The SMILES string of the molecule is Cc1cccc(CS(=O)(=O)Cc2ccc(Cl)cc2N)c1. The molecule has 3 nitrogen and oxygen atoms in total. The highest BCUT2D eigenvalue weighted by molar-refractivity contribution is 7.89. The summed E-state index contributed by atoms with van der Waals surface area (Å²) in [7, 11) is -3.26. The number of benzene rings is 2. The average Bonchev–Trinajstić information content (AvgIpc) is 2.32. The number of rotatable bonds is 4. The van der Waals surface area contributed by atoms with Crippen molar-refractivity contribution < 1.29 is 8.42 Å². The fourth-order valence-electron chi connectivity index (χ4n) is 2.04. The second-order valence-electron chi connectivity index (χ2n) is 4.86. The molecule has 0 saturated heterocycles. The maximum absolute atomic E-state index is 12.2. The van der Waals surface area contributed by atoms with Crippen molar-refractivity contribution in [3.63, 3.8) is 0 Å². The molecule has 0 unspecified atom stereocenters. The van der Waals surface area contributed by atoms with Crippen LogP contribution in [0, 0.1) is 6.92 Å². The highest BCUT2D eigenvalue weighted by Gasteiger charge is 2.15. The van der Waals surface area contributed by atoms with Gasteiger partial charge in [-0.05, 0) is 30.2 Å². The third-order valence-electron chi connectivity index (χ3n) is 2.95. The molecule has 2 N–H and O–H groups in total. The number of sulfone groups is 1. The van der Waals surface area contributed by atoms with Gasteiger partial charge in [0, 0.05) is 10.7 Å². The lowest BCUT2D eigenvalue weighted by Crippen LogP contribution is -2.09. The Hall–Kier alpha value is -1.52. The van der Waals surface area contributed by atoms with E-state index in [-0.39, 0.29) is 11.5 Å². The first-order valence-electron chi connectivity index (χ1n) is 6.15. The number of aryl methyl sites for hydroxylation is 1. The van der Waals surface area contributed by atoms with Crippen LogP contribution in [-0.4, -0.2) is 8.42 Å². The Morgan fingerprint density at radius 3 is 2.50 bits per heavy atom. The van der Waals surface area contributed by atoms with Crippen LogP contribution in [0.3, 0.4) is 0 Å². The molecule has 0 aliphatic rings. The fraction of sp³-hybridized carbons (Fsp3) is 0.200. The zero-order valence-corrected chi connectivity index (χ0v) is 12.7. The maximum Gasteiger partial charge on any atom is 0.158 e. The van der Waals surface area contributed by atoms with E-state index in [1.165, 1.54) is 0 Å². The second kappa shape index (κ2) is 5.85. The molecule has 5 heteroatoms. The van der Waals surface area contributed by atoms with Crippen LogP contribution in [0.15, 0.2) is 42.5 Å². The lowest BCUT2D eigenvalue weighted by molar-refractivity contribution is 0.594. The molecule has 0 heterocycles. The van der Waals surface area contributed by atoms with Crippen molar-refractivity contribution in [2.24, 2.45) is 0 Å². The lowest BCUT2D eigenvalue weighted by Gasteiger charge is -2.08. The number of hydrogen-bond donors (Lipinski definition) is 1. The van der Waals surface area contributed by atoms with E-state index in [2.05, 4.69) is 0 Å². The van der Waals surface area contributed by atoms with Crippen LogP contribution < -0.4 is 5.73 Å². The predicted molar refractivity (Wildman–Crippen MR) is 83.4 cm³/mol. The first-order valence-corrected chi connectivity index (χ1v) is 8.35. The first kappa shape index (κ1) is 14.9. The number of anilines is 1. The molecule has 0 aliphatic carbocycles. The lowest BCUT2D eigenvalue weighted by atomic mass is 10.2. The van der Waals surface area contributed by atoms with Crippen molar-refractivity contribution in [1.29, 1.82) is 0 Å². The van der Waals surface area contributed by atoms with Gasteiger partial charge in [0.15, 0.2) is 9.84 Å². The van der Waals surface area contributed by atoms with E-state index in [0.717, 1.165) is 11.1 Å². The molecule has 20 heavy (non-hydrogen) atoms. The molecule has 0 atom stereocenters. The fourth-order valence-corrected chi connectivity index (χ4v) is 3.75. The Morgan fingerprint density at radius 1 is 1.10 bits per heavy atom. The van der Waals surface area contributed by atoms with E-state index >= 15 is 0 Å². The van der Waals surface area contributed by atoms with Gasteiger partial charge in [-0.15, -0.1) is 0 Å². The molecule has 0 aromatic heterocycles. The smallest absolute Gasteiger partial charge is 0.158 e. The molecule has 0 amide bonds. The van der Waals surface area contributed by atoms with Crippen molar-refractivity contribution in [1.82, 2.24) is 0 Å². The minimum absolute atomic E-state index is 0.0107. The number of nitrogen functional groups attached to an aromatic ring is 1. The van der Waals surface area contributed by atoms with Gasteiger partial charge in [-0.2, -0.15) is 0 Å². The average molecular weight is 310 g/mol. The minimum Gasteiger partial charge on any atom is -0.398 e. The van der Waals surface area contributed by atoms with Gasteiger partial charge in [0.25, 0.3) is 0 Å². The summed E-state index contributed by atoms with van der Waals surface area (Å²) >= 11 is 5.81. The van der Waals surface area contributed by atoms with Crippen LogP contribution in [0.2, 0.25) is 5.02 Å². The third-order valence-corrected chi connectivity index (χ3v) is 4.71. The van der Waals surface area contributed by atoms with Crippen molar-refractivity contribution in [2.45, 2.75) is 18.4 Å². The molecular formula is C15H16ClNO2S. The highest BCUT2D eigenvalue weighted by atomic mass is 35.5. The number of halogens is 1. The summed E-state index contributed by atoms with van der Waals surface area (Å²) in [4.78, 5) is 0. The van der Waals surface area contributed by atoms with Crippen LogP contribution >= 0.6 is 11.6 Å². The van der Waals surface area contributed by atoms with Gasteiger partial charge in [-0.1, -0.05) is 47.5 Å². The summed E-state index contributed by atoms with van der Waals surface area (Å²) < 4.78 is 24.5. The first-order chi connectivity index (χ1) is 9.35. The summed E-state index contributed by atoms with van der Waals surface area (Å²) in [5, 5.41) is 0.502. The van der Waals surface area contributed by atoms with E-state index in [4.69, 9.17) is 17.3 Å². The molecule has 2 rings (SSSR count). The zero-order chi connectivity index (χ0) is 14.8. The van der Waals surface area contributed by atoms with Crippen LogP contribution in [0.25, 0.3) is 0 Å². The Balaban J connectivity index is 2.19.